The lowest BCUT2D eigenvalue weighted by Gasteiger charge is -2.15. The molecule has 130 valence electrons. The Labute approximate surface area is 144 Å². The summed E-state index contributed by atoms with van der Waals surface area (Å²) in [5.41, 5.74) is 1.06. The Bertz CT molecular complexity index is 744. The van der Waals surface area contributed by atoms with Gasteiger partial charge in [0.15, 0.2) is 0 Å². The average molecular weight is 342 g/mol. The first-order chi connectivity index (χ1) is 12.0. The fourth-order valence-corrected chi connectivity index (χ4v) is 2.17. The van der Waals surface area contributed by atoms with Gasteiger partial charge in [-0.05, 0) is 29.8 Å². The molecule has 25 heavy (non-hydrogen) atoms. The zero-order chi connectivity index (χ0) is 18.2. The van der Waals surface area contributed by atoms with Crippen molar-refractivity contribution in [3.63, 3.8) is 0 Å². The summed E-state index contributed by atoms with van der Waals surface area (Å²) in [4.78, 5) is 35.1. The van der Waals surface area contributed by atoms with Crippen molar-refractivity contribution in [3.05, 3.63) is 65.7 Å². The lowest BCUT2D eigenvalue weighted by molar-refractivity contribution is -0.141. The number of carbonyl (C=O) groups excluding carboxylic acids is 2. The zero-order valence-corrected chi connectivity index (χ0v) is 13.3. The van der Waals surface area contributed by atoms with Gasteiger partial charge < -0.3 is 20.8 Å². The van der Waals surface area contributed by atoms with Crippen molar-refractivity contribution in [2.45, 2.75) is 12.5 Å². The first kappa shape index (κ1) is 18.0. The lowest BCUT2D eigenvalue weighted by atomic mass is 10.1. The maximum atomic E-state index is 11.9. The zero-order valence-electron chi connectivity index (χ0n) is 13.3. The van der Waals surface area contributed by atoms with Gasteiger partial charge in [0.1, 0.15) is 11.8 Å². The van der Waals surface area contributed by atoms with Crippen molar-refractivity contribution in [3.8, 4) is 5.75 Å². The largest absolute Gasteiger partial charge is 0.508 e. The molecular formula is C18H18N2O5. The van der Waals surface area contributed by atoms with Gasteiger partial charge in [0.05, 0.1) is 6.54 Å². The molecule has 0 bridgehead atoms. The molecule has 0 saturated carbocycles. The van der Waals surface area contributed by atoms with Crippen LogP contribution in [0.4, 0.5) is 0 Å². The first-order valence-corrected chi connectivity index (χ1v) is 7.59. The second-order valence-electron chi connectivity index (χ2n) is 5.38. The lowest BCUT2D eigenvalue weighted by Crippen LogP contribution is -2.46. The van der Waals surface area contributed by atoms with Crippen molar-refractivity contribution in [1.29, 1.82) is 0 Å². The van der Waals surface area contributed by atoms with Gasteiger partial charge in [-0.25, -0.2) is 4.79 Å². The van der Waals surface area contributed by atoms with Crippen LogP contribution in [0.3, 0.4) is 0 Å². The van der Waals surface area contributed by atoms with Gasteiger partial charge in [-0.15, -0.1) is 0 Å². The molecule has 0 fully saturated rings. The van der Waals surface area contributed by atoms with E-state index >= 15 is 0 Å². The number of amides is 2. The Kier molecular flexibility index (Phi) is 6.11. The summed E-state index contributed by atoms with van der Waals surface area (Å²) in [7, 11) is 0. The molecule has 4 N–H and O–H groups in total. The molecule has 0 aromatic heterocycles. The minimum absolute atomic E-state index is 0.0273. The summed E-state index contributed by atoms with van der Waals surface area (Å²) < 4.78 is 0. The average Bonchev–Trinajstić information content (AvgIpc) is 2.60. The van der Waals surface area contributed by atoms with E-state index in [0.29, 0.717) is 0 Å². The summed E-state index contributed by atoms with van der Waals surface area (Å²) in [6.07, 6.45) is 0.147. The van der Waals surface area contributed by atoms with E-state index in [1.165, 1.54) is 24.3 Å². The fourth-order valence-electron chi connectivity index (χ4n) is 2.17. The molecule has 0 saturated heterocycles. The van der Waals surface area contributed by atoms with Gasteiger partial charge in [0, 0.05) is 12.0 Å². The molecular weight excluding hydrogens is 324 g/mol. The molecule has 0 aliphatic heterocycles. The Morgan fingerprint density at radius 1 is 0.960 bits per heavy atom. The van der Waals surface area contributed by atoms with E-state index in [4.69, 9.17) is 0 Å². The summed E-state index contributed by atoms with van der Waals surface area (Å²) in [5.74, 6) is -2.22. The number of benzene rings is 2. The first-order valence-electron chi connectivity index (χ1n) is 7.59. The van der Waals surface area contributed by atoms with Crippen LogP contribution in [0.1, 0.15) is 15.9 Å². The molecule has 2 aromatic rings. The molecule has 0 spiro atoms. The Morgan fingerprint density at radius 3 is 2.20 bits per heavy atom. The molecule has 7 heteroatoms. The summed E-state index contributed by atoms with van der Waals surface area (Å²) in [5, 5.41) is 23.2. The summed E-state index contributed by atoms with van der Waals surface area (Å²) in [6, 6.07) is 13.4. The van der Waals surface area contributed by atoms with E-state index in [9.17, 15) is 24.6 Å². The van der Waals surface area contributed by atoms with Crippen molar-refractivity contribution < 1.29 is 24.6 Å². The van der Waals surface area contributed by atoms with Crippen LogP contribution < -0.4 is 10.6 Å². The number of aliphatic carboxylic acids is 1. The quantitative estimate of drug-likeness (QED) is 0.597. The fraction of sp³-hybridized carbons (Fsp3) is 0.167. The van der Waals surface area contributed by atoms with Crippen LogP contribution in [0.25, 0.3) is 0 Å². The normalized spacial score (nSPS) is 11.4. The SMILES string of the molecule is O=C(CNC(=O)c1ccc(O)cc1)NC(Cc1ccccc1)C(=O)O. The van der Waals surface area contributed by atoms with Crippen LogP contribution >= 0.6 is 0 Å². The number of hydrogen-bond donors (Lipinski definition) is 4. The van der Waals surface area contributed by atoms with Crippen LogP contribution in [0.15, 0.2) is 54.6 Å². The van der Waals surface area contributed by atoms with Crippen LogP contribution in [0, 0.1) is 0 Å². The Hall–Kier alpha value is -3.35. The highest BCUT2D eigenvalue weighted by Crippen LogP contribution is 2.09. The van der Waals surface area contributed by atoms with Gasteiger partial charge in [-0.1, -0.05) is 30.3 Å². The number of carboxylic acids is 1. The summed E-state index contributed by atoms with van der Waals surface area (Å²) in [6.45, 7) is -0.349. The molecule has 0 heterocycles. The number of hydrogen-bond acceptors (Lipinski definition) is 4. The molecule has 2 amide bonds. The Balaban J connectivity index is 1.87. The Morgan fingerprint density at radius 2 is 1.60 bits per heavy atom. The summed E-state index contributed by atoms with van der Waals surface area (Å²) >= 11 is 0. The predicted octanol–water partition coefficient (Wildman–Crippen LogP) is 0.934. The van der Waals surface area contributed by atoms with E-state index in [1.807, 2.05) is 6.07 Å². The molecule has 0 aliphatic rings. The molecule has 7 nitrogen and oxygen atoms in total. The molecule has 2 aromatic carbocycles. The molecule has 2 rings (SSSR count). The van der Waals surface area contributed by atoms with E-state index in [0.717, 1.165) is 5.56 Å². The maximum absolute atomic E-state index is 11.9. The van der Waals surface area contributed by atoms with E-state index < -0.39 is 23.8 Å². The van der Waals surface area contributed by atoms with Crippen LogP contribution in [-0.2, 0) is 16.0 Å². The highest BCUT2D eigenvalue weighted by molar-refractivity contribution is 5.97. The van der Waals surface area contributed by atoms with Gasteiger partial charge >= 0.3 is 5.97 Å². The second-order valence-corrected chi connectivity index (χ2v) is 5.38. The predicted molar refractivity (Wildman–Crippen MR) is 90.2 cm³/mol. The number of carbonyl (C=O) groups is 3. The number of phenols is 1. The highest BCUT2D eigenvalue weighted by Gasteiger charge is 2.20. The van der Waals surface area contributed by atoms with Crippen molar-refractivity contribution in [2.75, 3.05) is 6.54 Å². The number of nitrogens with one attached hydrogen (secondary N) is 2. The second kappa shape index (κ2) is 8.49. The van der Waals surface area contributed by atoms with E-state index in [2.05, 4.69) is 10.6 Å². The molecule has 0 radical (unpaired) electrons. The number of rotatable bonds is 7. The standard InChI is InChI=1S/C18H18N2O5/c21-14-8-6-13(7-9-14)17(23)19-11-16(22)20-15(18(24)25)10-12-4-2-1-3-5-12/h1-9,15,21H,10-11H2,(H,19,23)(H,20,22)(H,24,25). The van der Waals surface area contributed by atoms with Gasteiger partial charge in [-0.2, -0.15) is 0 Å². The van der Waals surface area contributed by atoms with E-state index in [1.54, 1.807) is 24.3 Å². The number of carboxylic acid groups (broad SMARTS) is 1. The monoisotopic (exact) mass is 342 g/mol. The molecule has 0 aliphatic carbocycles. The van der Waals surface area contributed by atoms with Gasteiger partial charge in [-0.3, -0.25) is 9.59 Å². The number of phenolic OH excluding ortho intramolecular Hbond substituents is 1. The van der Waals surface area contributed by atoms with E-state index in [-0.39, 0.29) is 24.3 Å². The minimum atomic E-state index is -1.15. The van der Waals surface area contributed by atoms with Crippen LogP contribution in [-0.4, -0.2) is 40.6 Å². The van der Waals surface area contributed by atoms with Crippen molar-refractivity contribution in [1.82, 2.24) is 10.6 Å². The highest BCUT2D eigenvalue weighted by atomic mass is 16.4. The van der Waals surface area contributed by atoms with Crippen LogP contribution in [0.2, 0.25) is 0 Å². The van der Waals surface area contributed by atoms with Crippen LogP contribution in [0.5, 0.6) is 5.75 Å². The van der Waals surface area contributed by atoms with Gasteiger partial charge in [0.25, 0.3) is 5.91 Å². The number of aromatic hydroxyl groups is 1. The molecule has 1 unspecified atom stereocenters. The third-order valence-corrected chi connectivity index (χ3v) is 3.45. The van der Waals surface area contributed by atoms with Crippen molar-refractivity contribution in [2.24, 2.45) is 0 Å². The minimum Gasteiger partial charge on any atom is -0.508 e. The third-order valence-electron chi connectivity index (χ3n) is 3.45. The molecule has 1 atom stereocenters. The third kappa shape index (κ3) is 5.65. The van der Waals surface area contributed by atoms with Crippen molar-refractivity contribution >= 4 is 17.8 Å². The maximum Gasteiger partial charge on any atom is 0.326 e. The topological polar surface area (TPSA) is 116 Å². The van der Waals surface area contributed by atoms with Gasteiger partial charge in [0.2, 0.25) is 5.91 Å². The smallest absolute Gasteiger partial charge is 0.326 e.